The summed E-state index contributed by atoms with van der Waals surface area (Å²) >= 11 is 0. The minimum atomic E-state index is -3.04. The zero-order chi connectivity index (χ0) is 14.3. The zero-order valence-corrected chi connectivity index (χ0v) is 11.9. The quantitative estimate of drug-likeness (QED) is 0.788. The first-order valence-electron chi connectivity index (χ1n) is 6.10. The van der Waals surface area contributed by atoms with E-state index in [-0.39, 0.29) is 17.4 Å². The summed E-state index contributed by atoms with van der Waals surface area (Å²) in [7, 11) is -3.04. The number of anilines is 1. The van der Waals surface area contributed by atoms with Gasteiger partial charge in [-0.1, -0.05) is 6.07 Å². The van der Waals surface area contributed by atoms with Gasteiger partial charge in [0.15, 0.2) is 9.84 Å². The predicted octanol–water partition coefficient (Wildman–Crippen LogP) is 0.884. The van der Waals surface area contributed by atoms with E-state index in [4.69, 9.17) is 5.73 Å². The van der Waals surface area contributed by atoms with Gasteiger partial charge in [-0.3, -0.25) is 4.79 Å². The number of carbonyl (C=O) groups excluding carboxylic acids is 1. The Morgan fingerprint density at radius 2 is 2.11 bits per heavy atom. The average molecular weight is 282 g/mol. The number of sulfone groups is 1. The second-order valence-corrected chi connectivity index (χ2v) is 7.56. The predicted molar refractivity (Wildman–Crippen MR) is 74.7 cm³/mol. The van der Waals surface area contributed by atoms with Gasteiger partial charge in [-0.2, -0.15) is 0 Å². The van der Waals surface area contributed by atoms with Crippen molar-refractivity contribution in [3.63, 3.8) is 0 Å². The molecule has 0 aromatic heterocycles. The van der Waals surface area contributed by atoms with Crippen molar-refractivity contribution in [2.45, 2.75) is 25.8 Å². The van der Waals surface area contributed by atoms with Gasteiger partial charge in [0.05, 0.1) is 17.0 Å². The van der Waals surface area contributed by atoms with Gasteiger partial charge in [-0.05, 0) is 38.0 Å². The summed E-state index contributed by atoms with van der Waals surface area (Å²) < 4.78 is 23.0. The van der Waals surface area contributed by atoms with Gasteiger partial charge >= 0.3 is 0 Å². The SMILES string of the molecule is Cc1c(N)cccc1C(=O)NC1(C)CCS(=O)(=O)C1. The van der Waals surface area contributed by atoms with E-state index in [1.54, 1.807) is 32.0 Å². The number of benzene rings is 1. The molecule has 0 spiro atoms. The molecule has 1 aromatic rings. The molecular weight excluding hydrogens is 264 g/mol. The summed E-state index contributed by atoms with van der Waals surface area (Å²) in [6.45, 7) is 3.54. The molecular formula is C13H18N2O3S. The maximum atomic E-state index is 12.2. The second kappa shape index (κ2) is 4.52. The van der Waals surface area contributed by atoms with Crippen LogP contribution in [0.5, 0.6) is 0 Å². The molecule has 1 aliphatic heterocycles. The smallest absolute Gasteiger partial charge is 0.252 e. The highest BCUT2D eigenvalue weighted by atomic mass is 32.2. The number of nitrogens with one attached hydrogen (secondary N) is 1. The van der Waals surface area contributed by atoms with Gasteiger partial charge in [0, 0.05) is 11.3 Å². The Morgan fingerprint density at radius 3 is 2.68 bits per heavy atom. The zero-order valence-electron chi connectivity index (χ0n) is 11.1. The van der Waals surface area contributed by atoms with Crippen molar-refractivity contribution in [1.82, 2.24) is 5.32 Å². The van der Waals surface area contributed by atoms with Crippen molar-refractivity contribution in [1.29, 1.82) is 0 Å². The van der Waals surface area contributed by atoms with Crippen LogP contribution in [0, 0.1) is 6.92 Å². The summed E-state index contributed by atoms with van der Waals surface area (Å²) in [6, 6.07) is 5.13. The van der Waals surface area contributed by atoms with Crippen LogP contribution in [0.25, 0.3) is 0 Å². The molecule has 0 bridgehead atoms. The van der Waals surface area contributed by atoms with E-state index in [1.807, 2.05) is 0 Å². The van der Waals surface area contributed by atoms with Crippen LogP contribution in [0.3, 0.4) is 0 Å². The van der Waals surface area contributed by atoms with Gasteiger partial charge in [0.25, 0.3) is 5.91 Å². The van der Waals surface area contributed by atoms with E-state index in [0.29, 0.717) is 23.2 Å². The standard InChI is InChI=1S/C13H18N2O3S/c1-9-10(4-3-5-11(9)14)12(16)15-13(2)6-7-19(17,18)8-13/h3-5H,6-8,14H2,1-2H3,(H,15,16). The Kier molecular flexibility index (Phi) is 3.30. The van der Waals surface area contributed by atoms with Crippen molar-refractivity contribution in [3.8, 4) is 0 Å². The summed E-state index contributed by atoms with van der Waals surface area (Å²) in [5.74, 6) is -0.156. The van der Waals surface area contributed by atoms with Crippen LogP contribution in [-0.4, -0.2) is 31.4 Å². The first kappa shape index (κ1) is 13.9. The third kappa shape index (κ3) is 2.89. The molecule has 2 rings (SSSR count). The molecule has 5 nitrogen and oxygen atoms in total. The molecule has 1 aliphatic rings. The fourth-order valence-electron chi connectivity index (χ4n) is 2.35. The average Bonchev–Trinajstić information content (AvgIpc) is 2.56. The van der Waals surface area contributed by atoms with Crippen LogP contribution in [0.4, 0.5) is 5.69 Å². The van der Waals surface area contributed by atoms with E-state index in [1.165, 1.54) is 0 Å². The molecule has 1 fully saturated rings. The van der Waals surface area contributed by atoms with Crippen LogP contribution in [0.1, 0.15) is 29.3 Å². The highest BCUT2D eigenvalue weighted by molar-refractivity contribution is 7.91. The van der Waals surface area contributed by atoms with Crippen LogP contribution < -0.4 is 11.1 Å². The molecule has 19 heavy (non-hydrogen) atoms. The number of hydrogen-bond donors (Lipinski definition) is 2. The van der Waals surface area contributed by atoms with Gasteiger partial charge in [-0.25, -0.2) is 8.42 Å². The molecule has 6 heteroatoms. The van der Waals surface area contributed by atoms with Crippen LogP contribution >= 0.6 is 0 Å². The Hall–Kier alpha value is -1.56. The summed E-state index contributed by atoms with van der Waals surface area (Å²) in [6.07, 6.45) is 0.447. The Morgan fingerprint density at radius 1 is 1.42 bits per heavy atom. The lowest BCUT2D eigenvalue weighted by molar-refractivity contribution is 0.0915. The molecule has 1 atom stereocenters. The molecule has 1 aromatic carbocycles. The maximum Gasteiger partial charge on any atom is 0.252 e. The van der Waals surface area contributed by atoms with Crippen LogP contribution in [-0.2, 0) is 9.84 Å². The van der Waals surface area contributed by atoms with Crippen molar-refractivity contribution in [2.24, 2.45) is 0 Å². The number of amides is 1. The Bertz CT molecular complexity index is 625. The lowest BCUT2D eigenvalue weighted by Crippen LogP contribution is -2.47. The first-order valence-corrected chi connectivity index (χ1v) is 7.93. The van der Waals surface area contributed by atoms with E-state index in [2.05, 4.69) is 5.32 Å². The normalized spacial score (nSPS) is 25.2. The summed E-state index contributed by atoms with van der Waals surface area (Å²) in [5.41, 5.74) is 6.84. The number of hydrogen-bond acceptors (Lipinski definition) is 4. The second-order valence-electron chi connectivity index (χ2n) is 5.38. The lowest BCUT2D eigenvalue weighted by Gasteiger charge is -2.24. The van der Waals surface area contributed by atoms with E-state index in [9.17, 15) is 13.2 Å². The number of nitrogen functional groups attached to an aromatic ring is 1. The third-order valence-corrected chi connectivity index (χ3v) is 5.44. The molecule has 0 saturated carbocycles. The highest BCUT2D eigenvalue weighted by Gasteiger charge is 2.39. The minimum Gasteiger partial charge on any atom is -0.398 e. The number of nitrogens with two attached hydrogens (primary N) is 1. The largest absolute Gasteiger partial charge is 0.398 e. The monoisotopic (exact) mass is 282 g/mol. The molecule has 0 radical (unpaired) electrons. The number of rotatable bonds is 2. The Labute approximate surface area is 113 Å². The molecule has 3 N–H and O–H groups in total. The van der Waals surface area contributed by atoms with Crippen molar-refractivity contribution >= 4 is 21.4 Å². The van der Waals surface area contributed by atoms with Crippen molar-refractivity contribution in [3.05, 3.63) is 29.3 Å². The van der Waals surface area contributed by atoms with E-state index in [0.717, 1.165) is 0 Å². The third-order valence-electron chi connectivity index (χ3n) is 3.54. The minimum absolute atomic E-state index is 0.00684. The highest BCUT2D eigenvalue weighted by Crippen LogP contribution is 2.24. The topological polar surface area (TPSA) is 89.3 Å². The fourth-order valence-corrected chi connectivity index (χ4v) is 4.44. The van der Waals surface area contributed by atoms with E-state index >= 15 is 0 Å². The van der Waals surface area contributed by atoms with Gasteiger partial charge in [0.1, 0.15) is 0 Å². The molecule has 1 saturated heterocycles. The van der Waals surface area contributed by atoms with Crippen molar-refractivity contribution < 1.29 is 13.2 Å². The fraction of sp³-hybridized carbons (Fsp3) is 0.462. The van der Waals surface area contributed by atoms with Crippen molar-refractivity contribution in [2.75, 3.05) is 17.2 Å². The molecule has 1 unspecified atom stereocenters. The van der Waals surface area contributed by atoms with Gasteiger partial charge in [-0.15, -0.1) is 0 Å². The van der Waals surface area contributed by atoms with Gasteiger partial charge in [0.2, 0.25) is 0 Å². The summed E-state index contributed by atoms with van der Waals surface area (Å²) in [4.78, 5) is 12.2. The molecule has 1 heterocycles. The van der Waals surface area contributed by atoms with E-state index < -0.39 is 15.4 Å². The number of carbonyl (C=O) groups is 1. The Balaban J connectivity index is 2.21. The molecule has 0 aliphatic carbocycles. The molecule has 104 valence electrons. The molecule has 1 amide bonds. The van der Waals surface area contributed by atoms with Gasteiger partial charge < -0.3 is 11.1 Å². The van der Waals surface area contributed by atoms with Crippen LogP contribution in [0.2, 0.25) is 0 Å². The lowest BCUT2D eigenvalue weighted by atomic mass is 10.00. The van der Waals surface area contributed by atoms with Crippen LogP contribution in [0.15, 0.2) is 18.2 Å². The first-order chi connectivity index (χ1) is 8.72. The maximum absolute atomic E-state index is 12.2. The summed E-state index contributed by atoms with van der Waals surface area (Å²) in [5, 5.41) is 2.82.